The summed E-state index contributed by atoms with van der Waals surface area (Å²) < 4.78 is 18.3. The number of aliphatic carboxylic acids is 5. The minimum atomic E-state index is -2.72. The average Bonchev–Trinajstić information content (AvgIpc) is 1.65. The van der Waals surface area contributed by atoms with E-state index in [4.69, 9.17) is 51.2 Å². The molecule has 33 heteroatoms. The molecule has 5 aromatic rings. The molecule has 3 saturated heterocycles. The second-order valence-corrected chi connectivity index (χ2v) is 39.1. The van der Waals surface area contributed by atoms with Gasteiger partial charge >= 0.3 is 157 Å². The molecule has 3 fully saturated rings. The quantitative estimate of drug-likeness (QED) is 0.0105. The van der Waals surface area contributed by atoms with Crippen molar-refractivity contribution in [2.75, 3.05) is 68.8 Å². The van der Waals surface area contributed by atoms with Gasteiger partial charge in [-0.15, -0.1) is 0 Å². The molecule has 0 bridgehead atoms. The van der Waals surface area contributed by atoms with Gasteiger partial charge in [-0.2, -0.15) is 11.8 Å². The summed E-state index contributed by atoms with van der Waals surface area (Å²) >= 11 is 15.1. The first-order valence-corrected chi connectivity index (χ1v) is 43.8. The number of ether oxygens (including phenoxy) is 1. The number of carboxylic acids is 5. The van der Waals surface area contributed by atoms with Gasteiger partial charge in [0.05, 0.1) is 5.92 Å². The van der Waals surface area contributed by atoms with Crippen LogP contribution < -0.4 is 11.1 Å². The molecule has 0 saturated carbocycles. The van der Waals surface area contributed by atoms with E-state index >= 15 is 0 Å². The zero-order valence-corrected chi connectivity index (χ0v) is 70.0. The Hall–Kier alpha value is -5.28. The van der Waals surface area contributed by atoms with Gasteiger partial charge in [0, 0.05) is 57.9 Å². The van der Waals surface area contributed by atoms with Crippen molar-refractivity contribution in [3.63, 3.8) is 0 Å². The minimum Gasteiger partial charge on any atom is -0.481 e. The Morgan fingerprint density at radius 1 is 0.630 bits per heavy atom. The molecular formula is C67H80ClI6N7O18S. The van der Waals surface area contributed by atoms with Crippen LogP contribution in [-0.4, -0.2) is 207 Å². The first-order chi connectivity index (χ1) is 46.8. The zero-order valence-electron chi connectivity index (χ0n) is 55.5. The topological polar surface area (TPSA) is 390 Å². The predicted octanol–water partition coefficient (Wildman–Crippen LogP) is 10.6. The molecule has 100 heavy (non-hydrogen) atoms. The molecule has 0 aromatic heterocycles. The SMILES string of the molecule is CC1CCN(CC(=O)O)C1=O.CN1C(=O)N(CC(=O)O)C(=O)C1Cc1ccc(I)cc1.COC(=O)C(Cc1ccc(I)cc1)I(C)(C)=N.CSCCC(C)C(=O)O.NC(Cc1ccc(I)cc1)C(=O)O.O=C(Cl)c1ccc(I)cc1.O=C(O)CN1CCC(NC(=O)c2ccc(I)cc2)C1=O. The number of nitrogens with two attached hydrogens (primary N) is 1. The summed E-state index contributed by atoms with van der Waals surface area (Å²) in [6, 6.07) is 34.8. The summed E-state index contributed by atoms with van der Waals surface area (Å²) in [6.45, 7) is 3.43. The Kier molecular flexibility index (Phi) is 42.2. The molecule has 5 aromatic carbocycles. The summed E-state index contributed by atoms with van der Waals surface area (Å²) in [4.78, 5) is 142. The maximum absolute atomic E-state index is 12.1. The number of esters is 1. The number of alkyl halides is 3. The number of thioether (sulfide) groups is 1. The zero-order chi connectivity index (χ0) is 75.7. The van der Waals surface area contributed by atoms with E-state index in [0.717, 1.165) is 54.5 Å². The number of likely N-dealkylation sites (tertiary alicyclic amines) is 2. The molecule has 6 atom stereocenters. The average molecular weight is 2100 g/mol. The molecule has 3 heterocycles. The molecule has 546 valence electrons. The molecule has 3 aliphatic rings. The van der Waals surface area contributed by atoms with Crippen LogP contribution in [0.25, 0.3) is 0 Å². The summed E-state index contributed by atoms with van der Waals surface area (Å²) in [5, 5.41) is 45.0. The van der Waals surface area contributed by atoms with Gasteiger partial charge in [0.15, 0.2) is 0 Å². The molecule has 8 rings (SSSR count). The molecule has 6 unspecified atom stereocenters. The molecule has 9 N–H and O–H groups in total. The Bertz CT molecular complexity index is 3640. The van der Waals surface area contributed by atoms with Crippen LogP contribution in [0.15, 0.2) is 121 Å². The van der Waals surface area contributed by atoms with Crippen molar-refractivity contribution < 1.29 is 87.8 Å². The molecule has 0 aliphatic carbocycles. The third kappa shape index (κ3) is 34.3. The van der Waals surface area contributed by atoms with E-state index in [9.17, 15) is 57.5 Å². The van der Waals surface area contributed by atoms with Crippen LogP contribution in [0.1, 0.15) is 70.5 Å². The van der Waals surface area contributed by atoms with Crippen molar-refractivity contribution in [1.82, 2.24) is 24.9 Å². The third-order valence-electron chi connectivity index (χ3n) is 14.5. The van der Waals surface area contributed by atoms with Gasteiger partial charge in [-0.3, -0.25) is 52.8 Å². The Balaban J connectivity index is 0.000000405. The van der Waals surface area contributed by atoms with Crippen molar-refractivity contribution >= 4 is 225 Å². The number of amides is 6. The van der Waals surface area contributed by atoms with E-state index in [-0.39, 0.29) is 52.5 Å². The normalized spacial score (nSPS) is 16.2. The van der Waals surface area contributed by atoms with Crippen molar-refractivity contribution in [2.45, 2.75) is 74.4 Å². The van der Waals surface area contributed by atoms with Gasteiger partial charge in [-0.25, -0.2) is 4.79 Å². The van der Waals surface area contributed by atoms with Crippen LogP contribution in [0.5, 0.6) is 0 Å². The standard InChI is InChI=1S/2C13H13IN2O4.C12H17I2NO2.C9H10INO2.C7H4ClIO.C7H11NO3.C6H12O2S/c1-15-10(6-8-2-4-9(14)5-3-8)12(19)16(13(15)20)7-11(17)18;14-9-3-1-8(2-4-9)12(19)15-10-5-6-16(13(10)20)7-11(17)18;1-14(2,15)11(12(16)17-3)8-9-4-6-10(13)7-5-9;10-7-3-1-6(2-4-7)5-8(11)9(12)13;8-7(10)5-1-3-6(9)4-2-5;1-5-2-3-8(7(5)11)4-6(9)10;1-5(6(7)8)3-4-9-2/h2-5,10H,6-7H2,1H3,(H,17,18);1-4,10H,5-7H2,(H,15,19)(H,17,18);4-7,11,15H,8H2,1-3H3;1-4,8H,5,11H2,(H,12,13);1-4H;5H,2-4H2,1H3,(H,9,10);5H,3-4H2,1-2H3,(H,7,8). The number of halogens is 7. The van der Waals surface area contributed by atoms with E-state index in [0.29, 0.717) is 49.9 Å². The summed E-state index contributed by atoms with van der Waals surface area (Å²) in [6.07, 6.45) is 5.36. The minimum absolute atomic E-state index is 0.00866. The smallest absolute Gasteiger partial charge is 0.323 e. The first-order valence-electron chi connectivity index (χ1n) is 30.0. The fourth-order valence-corrected chi connectivity index (χ4v) is 14.4. The van der Waals surface area contributed by atoms with E-state index in [1.54, 1.807) is 43.0 Å². The second kappa shape index (κ2) is 46.4. The number of urea groups is 1. The summed E-state index contributed by atoms with van der Waals surface area (Å²) in [5.41, 5.74) is 9.40. The Labute approximate surface area is 661 Å². The number of carbonyl (C=O) groups is 12. The van der Waals surface area contributed by atoms with Crippen molar-refractivity contribution in [2.24, 2.45) is 17.6 Å². The number of rotatable bonds is 22. The number of carboxylic acid groups (broad SMARTS) is 5. The molecule has 0 radical (unpaired) electrons. The number of benzene rings is 5. The molecule has 3 aliphatic heterocycles. The number of likely N-dealkylation sites (N-methyl/N-ethyl adjacent to an activating group) is 1. The number of nitrogens with one attached hydrogen (secondary N) is 2. The monoisotopic (exact) mass is 2100 g/mol. The number of imide groups is 1. The Morgan fingerprint density at radius 2 is 1.04 bits per heavy atom. The van der Waals surface area contributed by atoms with Gasteiger partial charge in [0.2, 0.25) is 11.8 Å². The van der Waals surface area contributed by atoms with Crippen LogP contribution in [0.4, 0.5) is 4.79 Å². The number of carbonyl (C=O) groups excluding carboxylic acids is 7. The van der Waals surface area contributed by atoms with Gasteiger partial charge in [0.25, 0.3) is 17.1 Å². The Morgan fingerprint density at radius 3 is 1.42 bits per heavy atom. The number of hydrogen-bond donors (Lipinski definition) is 8. The fraction of sp³-hybridized carbons (Fsp3) is 0.373. The van der Waals surface area contributed by atoms with Gasteiger partial charge < -0.3 is 51.3 Å². The van der Waals surface area contributed by atoms with Crippen molar-refractivity contribution in [3.8, 4) is 0 Å². The maximum Gasteiger partial charge on any atom is 0.323 e. The summed E-state index contributed by atoms with van der Waals surface area (Å²) in [7, 11) is 2.91. The van der Waals surface area contributed by atoms with Crippen molar-refractivity contribution in [3.05, 3.63) is 167 Å². The number of methoxy groups -OCH3 is 1. The molecular weight excluding hydrogens is 2020 g/mol. The third-order valence-corrected chi connectivity index (χ3v) is 23.7. The first kappa shape index (κ1) is 90.8. The number of nitrogens with zero attached hydrogens (tertiary/aromatic N) is 4. The van der Waals surface area contributed by atoms with Crippen LogP contribution in [-0.2, 0) is 67.2 Å². The predicted molar refractivity (Wildman–Crippen MR) is 431 cm³/mol. The van der Waals surface area contributed by atoms with E-state index < -0.39 is 90.0 Å². The fourth-order valence-electron chi connectivity index (χ4n) is 8.78. The molecule has 25 nitrogen and oxygen atoms in total. The molecule has 0 spiro atoms. The van der Waals surface area contributed by atoms with Gasteiger partial charge in [-0.05, 0) is 224 Å². The molecule has 6 amide bonds. The second-order valence-electron chi connectivity index (χ2n) is 22.6. The largest absolute Gasteiger partial charge is 0.481 e. The van der Waals surface area contributed by atoms with E-state index in [2.05, 4.69) is 118 Å². The van der Waals surface area contributed by atoms with Crippen LogP contribution in [0.3, 0.4) is 0 Å². The van der Waals surface area contributed by atoms with Crippen LogP contribution in [0.2, 0.25) is 0 Å². The van der Waals surface area contributed by atoms with Gasteiger partial charge in [0.1, 0.15) is 37.8 Å². The number of hydrogen-bond acceptors (Lipinski definition) is 16. The maximum atomic E-state index is 12.1. The van der Waals surface area contributed by atoms with Crippen LogP contribution in [0, 0.1) is 33.2 Å². The van der Waals surface area contributed by atoms with Crippen LogP contribution >= 0.6 is 155 Å². The summed E-state index contributed by atoms with van der Waals surface area (Å²) in [5.74, 6) is -5.47. The van der Waals surface area contributed by atoms with E-state index in [1.165, 1.54) is 32.4 Å². The van der Waals surface area contributed by atoms with Crippen molar-refractivity contribution in [1.29, 1.82) is 3.56 Å². The van der Waals surface area contributed by atoms with Gasteiger partial charge in [-0.1, -0.05) is 38.1 Å². The van der Waals surface area contributed by atoms with E-state index in [1.807, 2.05) is 120 Å².